The number of hydrogen-bond donors (Lipinski definition) is 2. The van der Waals surface area contributed by atoms with Gasteiger partial charge in [-0.2, -0.15) is 0 Å². The molecule has 2 amide bonds. The first-order valence-electron chi connectivity index (χ1n) is 7.19. The van der Waals surface area contributed by atoms with Crippen LogP contribution in [0.4, 0.5) is 11.4 Å². The lowest BCUT2D eigenvalue weighted by atomic mass is 10.1. The number of aromatic hydroxyl groups is 1. The van der Waals surface area contributed by atoms with E-state index in [1.807, 2.05) is 0 Å². The van der Waals surface area contributed by atoms with Gasteiger partial charge in [0.1, 0.15) is 11.5 Å². The summed E-state index contributed by atoms with van der Waals surface area (Å²) in [7, 11) is 0. The zero-order valence-electron chi connectivity index (χ0n) is 12.5. The van der Waals surface area contributed by atoms with Gasteiger partial charge >= 0.3 is 0 Å². The molecule has 0 radical (unpaired) electrons. The molecular formula is C17H16N2O4. The van der Waals surface area contributed by atoms with Gasteiger partial charge in [-0.15, -0.1) is 0 Å². The molecule has 6 nitrogen and oxygen atoms in total. The third kappa shape index (κ3) is 2.96. The van der Waals surface area contributed by atoms with Crippen LogP contribution in [0, 0.1) is 0 Å². The molecule has 0 fully saturated rings. The van der Waals surface area contributed by atoms with Crippen molar-refractivity contribution in [1.29, 1.82) is 0 Å². The molecule has 0 aliphatic carbocycles. The Labute approximate surface area is 133 Å². The van der Waals surface area contributed by atoms with E-state index >= 15 is 0 Å². The Bertz CT molecular complexity index is 760. The van der Waals surface area contributed by atoms with Crippen molar-refractivity contribution in [3.63, 3.8) is 0 Å². The number of anilines is 2. The van der Waals surface area contributed by atoms with Gasteiger partial charge in [0, 0.05) is 6.92 Å². The van der Waals surface area contributed by atoms with Crippen LogP contribution in [0.15, 0.2) is 48.5 Å². The SMILES string of the molecule is CC(=O)N1C[C@H](C(=O)Nc2ccccc2O)Oc2ccccc21. The Hall–Kier alpha value is -3.02. The number of benzene rings is 2. The van der Waals surface area contributed by atoms with Crippen LogP contribution >= 0.6 is 0 Å². The summed E-state index contributed by atoms with van der Waals surface area (Å²) in [5.41, 5.74) is 0.945. The predicted octanol–water partition coefficient (Wildman–Crippen LogP) is 2.14. The molecule has 1 aliphatic rings. The molecule has 23 heavy (non-hydrogen) atoms. The highest BCUT2D eigenvalue weighted by Crippen LogP contribution is 2.33. The highest BCUT2D eigenvalue weighted by atomic mass is 16.5. The van der Waals surface area contributed by atoms with Gasteiger partial charge in [0.2, 0.25) is 5.91 Å². The van der Waals surface area contributed by atoms with Gasteiger partial charge < -0.3 is 20.1 Å². The van der Waals surface area contributed by atoms with E-state index in [0.29, 0.717) is 17.1 Å². The summed E-state index contributed by atoms with van der Waals surface area (Å²) in [5.74, 6) is -0.139. The van der Waals surface area contributed by atoms with E-state index in [0.717, 1.165) is 0 Å². The fraction of sp³-hybridized carbons (Fsp3) is 0.176. The van der Waals surface area contributed by atoms with E-state index in [2.05, 4.69) is 5.32 Å². The summed E-state index contributed by atoms with van der Waals surface area (Å²) >= 11 is 0. The van der Waals surface area contributed by atoms with Crippen molar-refractivity contribution >= 4 is 23.2 Å². The Kier molecular flexibility index (Phi) is 3.89. The minimum Gasteiger partial charge on any atom is -0.506 e. The lowest BCUT2D eigenvalue weighted by Crippen LogP contribution is -2.48. The Morgan fingerprint density at radius 1 is 1.17 bits per heavy atom. The molecule has 1 atom stereocenters. The fourth-order valence-electron chi connectivity index (χ4n) is 2.46. The van der Waals surface area contributed by atoms with Gasteiger partial charge in [-0.3, -0.25) is 9.59 Å². The zero-order chi connectivity index (χ0) is 16.4. The third-order valence-electron chi connectivity index (χ3n) is 3.61. The van der Waals surface area contributed by atoms with Crippen molar-refractivity contribution in [2.24, 2.45) is 0 Å². The van der Waals surface area contributed by atoms with Crippen LogP contribution in [0.5, 0.6) is 11.5 Å². The highest BCUT2D eigenvalue weighted by molar-refractivity contribution is 6.00. The molecule has 0 saturated heterocycles. The maximum Gasteiger partial charge on any atom is 0.267 e. The molecule has 2 N–H and O–H groups in total. The molecule has 6 heteroatoms. The maximum absolute atomic E-state index is 12.4. The first-order valence-corrected chi connectivity index (χ1v) is 7.19. The molecule has 2 aromatic rings. The largest absolute Gasteiger partial charge is 0.506 e. The highest BCUT2D eigenvalue weighted by Gasteiger charge is 2.32. The summed E-state index contributed by atoms with van der Waals surface area (Å²) in [6.45, 7) is 1.56. The van der Waals surface area contributed by atoms with Gasteiger partial charge in [0.15, 0.2) is 6.10 Å². The first kappa shape index (κ1) is 14.9. The molecule has 0 saturated carbocycles. The second kappa shape index (κ2) is 6.00. The van der Waals surface area contributed by atoms with E-state index in [-0.39, 0.29) is 18.2 Å². The van der Waals surface area contributed by atoms with Crippen LogP contribution in [-0.4, -0.2) is 29.6 Å². The summed E-state index contributed by atoms with van der Waals surface area (Å²) < 4.78 is 5.70. The van der Waals surface area contributed by atoms with Crippen molar-refractivity contribution in [2.45, 2.75) is 13.0 Å². The standard InChI is InChI=1S/C17H16N2O4/c1-11(20)19-10-16(23-15-9-5-3-7-13(15)19)17(22)18-12-6-2-4-8-14(12)21/h2-9,16,21H,10H2,1H3,(H,18,22)/t16-/m1/s1. The lowest BCUT2D eigenvalue weighted by Gasteiger charge is -2.33. The van der Waals surface area contributed by atoms with E-state index in [4.69, 9.17) is 4.74 Å². The average Bonchev–Trinajstić information content (AvgIpc) is 2.55. The molecule has 2 aromatic carbocycles. The summed E-state index contributed by atoms with van der Waals surface area (Å²) in [6, 6.07) is 13.5. The number of phenols is 1. The number of nitrogens with zero attached hydrogens (tertiary/aromatic N) is 1. The van der Waals surface area contributed by atoms with E-state index in [1.165, 1.54) is 17.9 Å². The summed E-state index contributed by atoms with van der Waals surface area (Å²) in [4.78, 5) is 25.8. The monoisotopic (exact) mass is 312 g/mol. The van der Waals surface area contributed by atoms with Crippen molar-refractivity contribution in [3.8, 4) is 11.5 Å². The number of nitrogens with one attached hydrogen (secondary N) is 1. The van der Waals surface area contributed by atoms with Crippen LogP contribution in [0.25, 0.3) is 0 Å². The summed E-state index contributed by atoms with van der Waals surface area (Å²) in [6.07, 6.45) is -0.853. The minimum absolute atomic E-state index is 0.0273. The van der Waals surface area contributed by atoms with Crippen LogP contribution in [0.1, 0.15) is 6.92 Å². The lowest BCUT2D eigenvalue weighted by molar-refractivity contribution is -0.123. The molecule has 1 aliphatic heterocycles. The second-order valence-electron chi connectivity index (χ2n) is 5.21. The topological polar surface area (TPSA) is 78.9 Å². The number of phenolic OH excluding ortho intramolecular Hbond substituents is 1. The molecule has 0 unspecified atom stereocenters. The first-order chi connectivity index (χ1) is 11.1. The van der Waals surface area contributed by atoms with Crippen molar-refractivity contribution in [3.05, 3.63) is 48.5 Å². The molecule has 118 valence electrons. The molecule has 0 spiro atoms. The quantitative estimate of drug-likeness (QED) is 0.833. The van der Waals surface area contributed by atoms with E-state index in [9.17, 15) is 14.7 Å². The number of hydrogen-bond acceptors (Lipinski definition) is 4. The molecule has 3 rings (SSSR count). The van der Waals surface area contributed by atoms with Gasteiger partial charge in [-0.05, 0) is 24.3 Å². The smallest absolute Gasteiger partial charge is 0.267 e. The number of carbonyl (C=O) groups excluding carboxylic acids is 2. The number of ether oxygens (including phenoxy) is 1. The summed E-state index contributed by atoms with van der Waals surface area (Å²) in [5, 5.41) is 12.4. The minimum atomic E-state index is -0.853. The van der Waals surface area contributed by atoms with Crippen LogP contribution in [0.3, 0.4) is 0 Å². The second-order valence-corrected chi connectivity index (χ2v) is 5.21. The fourth-order valence-corrected chi connectivity index (χ4v) is 2.46. The maximum atomic E-state index is 12.4. The van der Waals surface area contributed by atoms with Gasteiger partial charge in [-0.25, -0.2) is 0 Å². The average molecular weight is 312 g/mol. The zero-order valence-corrected chi connectivity index (χ0v) is 12.5. The predicted molar refractivity (Wildman–Crippen MR) is 85.6 cm³/mol. The van der Waals surface area contributed by atoms with Crippen molar-refractivity contribution < 1.29 is 19.4 Å². The van der Waals surface area contributed by atoms with E-state index < -0.39 is 12.0 Å². The Morgan fingerprint density at radius 2 is 1.87 bits per heavy atom. The molecule has 1 heterocycles. The molecular weight excluding hydrogens is 296 g/mol. The Balaban J connectivity index is 1.83. The molecule has 0 bridgehead atoms. The number of amides is 2. The van der Waals surface area contributed by atoms with Crippen LogP contribution < -0.4 is 15.0 Å². The Morgan fingerprint density at radius 3 is 2.61 bits per heavy atom. The van der Waals surface area contributed by atoms with Gasteiger partial charge in [0.05, 0.1) is 17.9 Å². The van der Waals surface area contributed by atoms with E-state index in [1.54, 1.807) is 42.5 Å². The van der Waals surface area contributed by atoms with Gasteiger partial charge in [-0.1, -0.05) is 24.3 Å². The normalized spacial score (nSPS) is 16.2. The van der Waals surface area contributed by atoms with Crippen molar-refractivity contribution in [2.75, 3.05) is 16.8 Å². The third-order valence-corrected chi connectivity index (χ3v) is 3.61. The van der Waals surface area contributed by atoms with Crippen LogP contribution in [-0.2, 0) is 9.59 Å². The van der Waals surface area contributed by atoms with Crippen LogP contribution in [0.2, 0.25) is 0 Å². The van der Waals surface area contributed by atoms with Gasteiger partial charge in [0.25, 0.3) is 5.91 Å². The number of carbonyl (C=O) groups is 2. The number of fused-ring (bicyclic) bond motifs is 1. The number of rotatable bonds is 2. The number of para-hydroxylation sites is 4. The van der Waals surface area contributed by atoms with Crippen molar-refractivity contribution in [1.82, 2.24) is 0 Å². The molecule has 0 aromatic heterocycles.